The number of carbonyl (C=O) groups is 1. The highest BCUT2D eigenvalue weighted by molar-refractivity contribution is 7.80. The molecule has 1 spiro atoms. The van der Waals surface area contributed by atoms with Crippen molar-refractivity contribution < 1.29 is 9.18 Å². The molecule has 4 aliphatic carbocycles. The second kappa shape index (κ2) is 14.0. The summed E-state index contributed by atoms with van der Waals surface area (Å²) in [7, 11) is 0. The van der Waals surface area contributed by atoms with Crippen LogP contribution in [-0.4, -0.2) is 10.6 Å². The fourth-order valence-electron chi connectivity index (χ4n) is 6.74. The predicted octanol–water partition coefficient (Wildman–Crippen LogP) is 10.6. The lowest BCUT2D eigenvalue weighted by Gasteiger charge is -2.34. The number of hydrogen-bond acceptors (Lipinski definition) is 2. The van der Waals surface area contributed by atoms with Crippen molar-refractivity contribution in [1.29, 1.82) is 0 Å². The molecular formula is C35H49FOS. The Morgan fingerprint density at radius 1 is 1.08 bits per heavy atom. The maximum absolute atomic E-state index is 13.2. The molecule has 208 valence electrons. The summed E-state index contributed by atoms with van der Waals surface area (Å²) in [6, 6.07) is 6.69. The van der Waals surface area contributed by atoms with E-state index in [0.717, 1.165) is 40.2 Å². The van der Waals surface area contributed by atoms with Gasteiger partial charge >= 0.3 is 0 Å². The van der Waals surface area contributed by atoms with E-state index in [2.05, 4.69) is 32.1 Å². The number of benzene rings is 1. The molecule has 3 heteroatoms. The number of allylic oxidation sites excluding steroid dienone is 6. The minimum Gasteiger partial charge on any atom is -0.295 e. The Balaban J connectivity index is 0.000000247. The van der Waals surface area contributed by atoms with Crippen molar-refractivity contribution in [3.8, 4) is 0 Å². The van der Waals surface area contributed by atoms with Crippen LogP contribution in [0.25, 0.3) is 5.57 Å². The smallest absolute Gasteiger partial charge is 0.155 e. The molecule has 0 saturated heterocycles. The second-order valence-corrected chi connectivity index (χ2v) is 13.2. The molecule has 5 rings (SSSR count). The number of hydrogen-bond donors (Lipinski definition) is 0. The molecule has 38 heavy (non-hydrogen) atoms. The highest BCUT2D eigenvalue weighted by Gasteiger charge is 2.69. The van der Waals surface area contributed by atoms with Gasteiger partial charge in [0.25, 0.3) is 0 Å². The summed E-state index contributed by atoms with van der Waals surface area (Å²) < 4.78 is 13.2. The monoisotopic (exact) mass is 536 g/mol. The molecule has 4 aliphatic rings. The fraction of sp³-hybridized carbons (Fsp3) is 0.600. The third kappa shape index (κ3) is 8.07. The first-order valence-corrected chi connectivity index (χ1v) is 15.3. The summed E-state index contributed by atoms with van der Waals surface area (Å²) >= 11 is 4.54. The topological polar surface area (TPSA) is 17.1 Å². The van der Waals surface area contributed by atoms with Gasteiger partial charge < -0.3 is 0 Å². The summed E-state index contributed by atoms with van der Waals surface area (Å²) in [6.07, 6.45) is 18.8. The van der Waals surface area contributed by atoms with Gasteiger partial charge in [0.05, 0.1) is 0 Å². The molecule has 1 aromatic rings. The Bertz CT molecular complexity index is 1070. The third-order valence-corrected chi connectivity index (χ3v) is 9.15. The van der Waals surface area contributed by atoms with Crippen LogP contribution >= 0.6 is 12.2 Å². The second-order valence-electron chi connectivity index (χ2n) is 12.4. The zero-order valence-electron chi connectivity index (χ0n) is 24.7. The maximum Gasteiger partial charge on any atom is 0.155 e. The van der Waals surface area contributed by atoms with Gasteiger partial charge in [0, 0.05) is 0 Å². The first kappa shape index (κ1) is 30.7. The zero-order chi connectivity index (χ0) is 27.9. The first-order chi connectivity index (χ1) is 18.1. The first-order valence-electron chi connectivity index (χ1n) is 14.9. The van der Waals surface area contributed by atoms with Crippen molar-refractivity contribution in [1.82, 2.24) is 0 Å². The summed E-state index contributed by atoms with van der Waals surface area (Å²) in [5, 5.41) is 0. The van der Waals surface area contributed by atoms with Crippen LogP contribution < -0.4 is 0 Å². The molecule has 0 aliphatic heterocycles. The molecule has 0 radical (unpaired) electrons. The standard InChI is InChI=1S/C23H29FO.C9H14.C3H6S/c1-4-5-6-7-8-9-20-15-22(19-10-12-23(24)13-11-19)16-21(20)14-17(2)18(3)25;1-6-4-7-2-3-9(7)5-8(6)9;1-3(2)4/h10-15H,4-9,16H2,1-3H3;6-8H,2-5H2,1H3;1-2H3/b17-14+;;. The van der Waals surface area contributed by atoms with Gasteiger partial charge in [-0.25, -0.2) is 4.39 Å². The lowest BCUT2D eigenvalue weighted by atomic mass is 9.71. The van der Waals surface area contributed by atoms with Crippen molar-refractivity contribution in [2.24, 2.45) is 23.2 Å². The summed E-state index contributed by atoms with van der Waals surface area (Å²) in [5.41, 5.74) is 6.62. The quantitative estimate of drug-likeness (QED) is 0.177. The molecule has 0 heterocycles. The molecule has 0 amide bonds. The van der Waals surface area contributed by atoms with Gasteiger partial charge in [0.15, 0.2) is 5.78 Å². The van der Waals surface area contributed by atoms with E-state index in [-0.39, 0.29) is 11.6 Å². The minimum absolute atomic E-state index is 0.116. The fourth-order valence-corrected chi connectivity index (χ4v) is 6.74. The van der Waals surface area contributed by atoms with Gasteiger partial charge in [0.1, 0.15) is 5.82 Å². The summed E-state index contributed by atoms with van der Waals surface area (Å²) in [6.45, 7) is 12.0. The van der Waals surface area contributed by atoms with Gasteiger partial charge in [-0.2, -0.15) is 0 Å². The molecule has 4 atom stereocenters. The molecular weight excluding hydrogens is 487 g/mol. The van der Waals surface area contributed by atoms with E-state index in [9.17, 15) is 9.18 Å². The van der Waals surface area contributed by atoms with Gasteiger partial charge in [-0.05, 0) is 141 Å². The SMILES string of the molecule is CC(C)=S.CC1CC2CCC23CC13.CCCCCCCC1=C(/C=C(\C)C(C)=O)CC(c2ccc(F)cc2)=C1. The van der Waals surface area contributed by atoms with Crippen molar-refractivity contribution in [2.75, 3.05) is 0 Å². The highest BCUT2D eigenvalue weighted by atomic mass is 32.1. The van der Waals surface area contributed by atoms with Crippen molar-refractivity contribution in [2.45, 2.75) is 112 Å². The molecule has 0 aromatic heterocycles. The molecule has 0 N–H and O–H groups in total. The summed E-state index contributed by atoms with van der Waals surface area (Å²) in [5.74, 6) is 3.38. The van der Waals surface area contributed by atoms with E-state index in [0.29, 0.717) is 0 Å². The maximum atomic E-state index is 13.2. The van der Waals surface area contributed by atoms with E-state index in [1.165, 1.54) is 72.8 Å². The highest BCUT2D eigenvalue weighted by Crippen LogP contribution is 2.77. The lowest BCUT2D eigenvalue weighted by molar-refractivity contribution is -0.113. The molecule has 1 aromatic carbocycles. The van der Waals surface area contributed by atoms with Crippen LogP contribution in [0, 0.1) is 29.0 Å². The van der Waals surface area contributed by atoms with Crippen LogP contribution in [0.5, 0.6) is 0 Å². The van der Waals surface area contributed by atoms with Crippen LogP contribution in [0.2, 0.25) is 0 Å². The van der Waals surface area contributed by atoms with Crippen molar-refractivity contribution in [3.63, 3.8) is 0 Å². The van der Waals surface area contributed by atoms with Crippen LogP contribution in [0.15, 0.2) is 53.1 Å². The number of thiocarbonyl (C=S) groups is 1. The van der Waals surface area contributed by atoms with Crippen LogP contribution in [0.4, 0.5) is 4.39 Å². The average Bonchev–Trinajstić information content (AvgIpc) is 3.49. The summed E-state index contributed by atoms with van der Waals surface area (Å²) in [4.78, 5) is 12.6. The Morgan fingerprint density at radius 2 is 1.74 bits per heavy atom. The molecule has 3 saturated carbocycles. The van der Waals surface area contributed by atoms with E-state index in [1.54, 1.807) is 32.6 Å². The number of rotatable bonds is 9. The number of unbranched alkanes of at least 4 members (excludes halogenated alkanes) is 4. The van der Waals surface area contributed by atoms with Gasteiger partial charge in [-0.1, -0.05) is 76.0 Å². The lowest BCUT2D eigenvalue weighted by Crippen LogP contribution is -2.24. The third-order valence-electron chi connectivity index (χ3n) is 9.15. The van der Waals surface area contributed by atoms with E-state index >= 15 is 0 Å². The molecule has 4 unspecified atom stereocenters. The zero-order valence-corrected chi connectivity index (χ0v) is 25.5. The average molecular weight is 537 g/mol. The Morgan fingerprint density at radius 3 is 2.21 bits per heavy atom. The number of ketones is 1. The number of carbonyl (C=O) groups excluding carboxylic acids is 1. The number of halogens is 1. The predicted molar refractivity (Wildman–Crippen MR) is 165 cm³/mol. The van der Waals surface area contributed by atoms with Gasteiger partial charge in [0.2, 0.25) is 0 Å². The van der Waals surface area contributed by atoms with Crippen molar-refractivity contribution >= 4 is 28.4 Å². The Hall–Kier alpha value is -1.87. The van der Waals surface area contributed by atoms with Crippen LogP contribution in [0.1, 0.15) is 118 Å². The van der Waals surface area contributed by atoms with Crippen LogP contribution in [0.3, 0.4) is 0 Å². The molecule has 3 fully saturated rings. The Kier molecular flexibility index (Phi) is 11.3. The van der Waals surface area contributed by atoms with Gasteiger partial charge in [-0.3, -0.25) is 4.79 Å². The van der Waals surface area contributed by atoms with E-state index in [1.807, 2.05) is 39.0 Å². The minimum atomic E-state index is -0.209. The van der Waals surface area contributed by atoms with Crippen LogP contribution in [-0.2, 0) is 4.79 Å². The van der Waals surface area contributed by atoms with E-state index < -0.39 is 0 Å². The van der Waals surface area contributed by atoms with E-state index in [4.69, 9.17) is 0 Å². The number of Topliss-reactive ketones (excluding diaryl/α,β-unsaturated/α-hetero) is 1. The molecule has 0 bridgehead atoms. The Labute approximate surface area is 237 Å². The normalized spacial score (nSPS) is 26.7. The largest absolute Gasteiger partial charge is 0.295 e. The molecule has 1 nitrogen and oxygen atoms in total. The van der Waals surface area contributed by atoms with Crippen molar-refractivity contribution in [3.05, 3.63) is 64.5 Å². The van der Waals surface area contributed by atoms with Gasteiger partial charge in [-0.15, -0.1) is 0 Å².